The molecule has 1 amide bonds. The summed E-state index contributed by atoms with van der Waals surface area (Å²) in [5.41, 5.74) is 2.33. The number of carbonyl (C=O) groups excluding carboxylic acids is 1. The van der Waals surface area contributed by atoms with Crippen LogP contribution in [-0.2, 0) is 6.42 Å². The number of aliphatic hydroxyl groups is 1. The number of aliphatic hydroxyl groups excluding tert-OH is 1. The number of likely N-dealkylation sites (N-methyl/N-ethyl adjacent to an activating group) is 1. The third-order valence-corrected chi connectivity index (χ3v) is 5.77. The zero-order chi connectivity index (χ0) is 24.8. The SMILES string of the molecule is CN[C@H](CO)[C@@H](Cc1ccccn1)NC(=O)c1cccc(F)c1-c1cc(-c2ccc(F)cc2)[nH]n1. The monoisotopic (exact) mass is 477 g/mol. The first-order valence-corrected chi connectivity index (χ1v) is 11.1. The smallest absolute Gasteiger partial charge is 0.252 e. The Morgan fingerprint density at radius 2 is 1.86 bits per heavy atom. The molecule has 2 aromatic heterocycles. The topological polar surface area (TPSA) is 103 Å². The number of nitrogens with one attached hydrogen (secondary N) is 3. The quantitative estimate of drug-likeness (QED) is 0.296. The van der Waals surface area contributed by atoms with Gasteiger partial charge in [0.2, 0.25) is 0 Å². The van der Waals surface area contributed by atoms with Crippen molar-refractivity contribution in [1.29, 1.82) is 0 Å². The number of halogens is 2. The van der Waals surface area contributed by atoms with Crippen molar-refractivity contribution in [2.75, 3.05) is 13.7 Å². The lowest BCUT2D eigenvalue weighted by Crippen LogP contribution is -2.52. The summed E-state index contributed by atoms with van der Waals surface area (Å²) in [5, 5.41) is 22.8. The van der Waals surface area contributed by atoms with E-state index in [1.807, 2.05) is 12.1 Å². The third kappa shape index (κ3) is 5.59. The predicted octanol–water partition coefficient (Wildman–Crippen LogP) is 3.34. The number of rotatable bonds is 9. The van der Waals surface area contributed by atoms with E-state index in [9.17, 15) is 18.7 Å². The minimum Gasteiger partial charge on any atom is -0.395 e. The highest BCUT2D eigenvalue weighted by Crippen LogP contribution is 2.29. The van der Waals surface area contributed by atoms with Crippen molar-refractivity contribution >= 4 is 5.91 Å². The van der Waals surface area contributed by atoms with Crippen LogP contribution in [0.4, 0.5) is 8.78 Å². The Morgan fingerprint density at radius 1 is 1.06 bits per heavy atom. The summed E-state index contributed by atoms with van der Waals surface area (Å²) >= 11 is 0. The van der Waals surface area contributed by atoms with E-state index >= 15 is 0 Å². The van der Waals surface area contributed by atoms with Crippen LogP contribution in [0.1, 0.15) is 16.1 Å². The van der Waals surface area contributed by atoms with Crippen LogP contribution in [0.3, 0.4) is 0 Å². The molecule has 0 saturated carbocycles. The number of H-pyrrole nitrogens is 1. The van der Waals surface area contributed by atoms with Crippen LogP contribution in [0.2, 0.25) is 0 Å². The van der Waals surface area contributed by atoms with Gasteiger partial charge in [-0.2, -0.15) is 5.10 Å². The molecule has 0 saturated heterocycles. The second-order valence-corrected chi connectivity index (χ2v) is 8.02. The summed E-state index contributed by atoms with van der Waals surface area (Å²) in [7, 11) is 1.69. The van der Waals surface area contributed by atoms with Crippen molar-refractivity contribution in [2.24, 2.45) is 0 Å². The van der Waals surface area contributed by atoms with Crippen molar-refractivity contribution in [3.63, 3.8) is 0 Å². The molecule has 0 aliphatic rings. The summed E-state index contributed by atoms with van der Waals surface area (Å²) in [5.74, 6) is -1.49. The fourth-order valence-corrected chi connectivity index (χ4v) is 3.90. The Morgan fingerprint density at radius 3 is 2.54 bits per heavy atom. The van der Waals surface area contributed by atoms with E-state index in [0.29, 0.717) is 17.7 Å². The Labute approximate surface area is 201 Å². The largest absolute Gasteiger partial charge is 0.395 e. The summed E-state index contributed by atoms with van der Waals surface area (Å²) in [6.07, 6.45) is 2.02. The zero-order valence-electron chi connectivity index (χ0n) is 19.0. The molecule has 0 aliphatic carbocycles. The van der Waals surface area contributed by atoms with Crippen LogP contribution in [0, 0.1) is 11.6 Å². The summed E-state index contributed by atoms with van der Waals surface area (Å²) in [6.45, 7) is -0.218. The molecule has 2 aromatic carbocycles. The Kier molecular flexibility index (Phi) is 7.59. The van der Waals surface area contributed by atoms with Gasteiger partial charge in [-0.1, -0.05) is 12.1 Å². The highest BCUT2D eigenvalue weighted by atomic mass is 19.1. The fourth-order valence-electron chi connectivity index (χ4n) is 3.90. The van der Waals surface area contributed by atoms with Crippen LogP contribution >= 0.6 is 0 Å². The van der Waals surface area contributed by atoms with Gasteiger partial charge in [-0.15, -0.1) is 0 Å². The zero-order valence-corrected chi connectivity index (χ0v) is 19.0. The second-order valence-electron chi connectivity index (χ2n) is 8.02. The Bertz CT molecular complexity index is 1270. The standard InChI is InChI=1S/C26H25F2N5O2/c1-29-24(15-34)22(13-18-5-2-3-12-30-18)31-26(35)19-6-4-7-20(28)25(19)23-14-21(32-33-23)16-8-10-17(27)11-9-16/h2-12,14,22,24,29,34H,13,15H2,1H3,(H,31,35)(H,32,33)/t22-,24-/m1/s1. The molecule has 4 aromatic rings. The molecule has 2 atom stereocenters. The first-order chi connectivity index (χ1) is 17.0. The molecule has 0 unspecified atom stereocenters. The van der Waals surface area contributed by atoms with Crippen molar-refractivity contribution in [3.05, 3.63) is 95.8 Å². The first kappa shape index (κ1) is 24.2. The van der Waals surface area contributed by atoms with Crippen LogP contribution in [-0.4, -0.2) is 51.9 Å². The maximum Gasteiger partial charge on any atom is 0.252 e. The molecule has 180 valence electrons. The van der Waals surface area contributed by atoms with Crippen molar-refractivity contribution in [2.45, 2.75) is 18.5 Å². The Hall–Kier alpha value is -3.95. The van der Waals surface area contributed by atoms with Crippen LogP contribution in [0.25, 0.3) is 22.5 Å². The minimum atomic E-state index is -0.608. The number of amides is 1. The number of benzene rings is 2. The number of pyridine rings is 1. The van der Waals surface area contributed by atoms with Gasteiger partial charge in [0.05, 0.1) is 41.2 Å². The van der Waals surface area contributed by atoms with Crippen molar-refractivity contribution in [3.8, 4) is 22.5 Å². The molecular formula is C26H25F2N5O2. The fraction of sp³-hybridized carbons (Fsp3) is 0.192. The van der Waals surface area contributed by atoms with Gasteiger partial charge < -0.3 is 15.7 Å². The first-order valence-electron chi connectivity index (χ1n) is 11.1. The second kappa shape index (κ2) is 11.0. The lowest BCUT2D eigenvalue weighted by molar-refractivity contribution is 0.0917. The van der Waals surface area contributed by atoms with Gasteiger partial charge in [-0.3, -0.25) is 14.9 Å². The van der Waals surface area contributed by atoms with Gasteiger partial charge in [0.15, 0.2) is 0 Å². The highest BCUT2D eigenvalue weighted by molar-refractivity contribution is 6.01. The summed E-state index contributed by atoms with van der Waals surface area (Å²) < 4.78 is 28.3. The molecule has 0 aliphatic heterocycles. The average Bonchev–Trinajstić information content (AvgIpc) is 3.35. The average molecular weight is 478 g/mol. The van der Waals surface area contributed by atoms with Crippen LogP contribution in [0.5, 0.6) is 0 Å². The van der Waals surface area contributed by atoms with E-state index < -0.39 is 23.8 Å². The Balaban J connectivity index is 1.64. The molecule has 0 bridgehead atoms. The van der Waals surface area contributed by atoms with Crippen molar-refractivity contribution < 1.29 is 18.7 Å². The molecule has 0 fully saturated rings. The summed E-state index contributed by atoms with van der Waals surface area (Å²) in [4.78, 5) is 17.7. The molecule has 4 N–H and O–H groups in total. The van der Waals surface area contributed by atoms with Gasteiger partial charge >= 0.3 is 0 Å². The van der Waals surface area contributed by atoms with E-state index in [1.165, 1.54) is 30.3 Å². The summed E-state index contributed by atoms with van der Waals surface area (Å²) in [6, 6.07) is 16.1. The molecule has 0 spiro atoms. The minimum absolute atomic E-state index is 0.0382. The van der Waals surface area contributed by atoms with E-state index in [0.717, 1.165) is 5.69 Å². The number of hydrogen-bond acceptors (Lipinski definition) is 5. The molecule has 0 radical (unpaired) electrons. The maximum atomic E-state index is 15.0. The van der Waals surface area contributed by atoms with E-state index in [2.05, 4.69) is 25.8 Å². The van der Waals surface area contributed by atoms with E-state index in [1.54, 1.807) is 37.5 Å². The predicted molar refractivity (Wildman–Crippen MR) is 129 cm³/mol. The van der Waals surface area contributed by atoms with Gasteiger partial charge in [-0.05, 0) is 67.2 Å². The number of aromatic nitrogens is 3. The number of aromatic amines is 1. The molecule has 2 heterocycles. The van der Waals surface area contributed by atoms with Gasteiger partial charge in [-0.25, -0.2) is 8.78 Å². The van der Waals surface area contributed by atoms with E-state index in [-0.39, 0.29) is 29.2 Å². The van der Waals surface area contributed by atoms with Gasteiger partial charge in [0.1, 0.15) is 11.6 Å². The number of nitrogens with zero attached hydrogens (tertiary/aromatic N) is 2. The molecule has 4 rings (SSSR count). The molecule has 9 heteroatoms. The number of carbonyl (C=O) groups is 1. The van der Waals surface area contributed by atoms with Gasteiger partial charge in [0, 0.05) is 18.3 Å². The third-order valence-electron chi connectivity index (χ3n) is 5.77. The lowest BCUT2D eigenvalue weighted by Gasteiger charge is -2.26. The molecule has 7 nitrogen and oxygen atoms in total. The normalized spacial score (nSPS) is 12.8. The van der Waals surface area contributed by atoms with Crippen molar-refractivity contribution in [1.82, 2.24) is 25.8 Å². The number of hydrogen-bond donors (Lipinski definition) is 4. The molecule has 35 heavy (non-hydrogen) atoms. The molecular weight excluding hydrogens is 452 g/mol. The van der Waals surface area contributed by atoms with Crippen LogP contribution < -0.4 is 10.6 Å². The maximum absolute atomic E-state index is 15.0. The van der Waals surface area contributed by atoms with Gasteiger partial charge in [0.25, 0.3) is 5.91 Å². The highest BCUT2D eigenvalue weighted by Gasteiger charge is 2.26. The van der Waals surface area contributed by atoms with Crippen LogP contribution in [0.15, 0.2) is 72.9 Å². The van der Waals surface area contributed by atoms with E-state index in [4.69, 9.17) is 0 Å². The lowest BCUT2D eigenvalue weighted by atomic mass is 9.99.